The van der Waals surface area contributed by atoms with Crippen LogP contribution in [0.4, 0.5) is 5.69 Å². The highest BCUT2D eigenvalue weighted by atomic mass is 79.9. The fraction of sp³-hybridized carbons (Fsp3) is 0.500. The summed E-state index contributed by atoms with van der Waals surface area (Å²) in [6, 6.07) is 1.80. The molecule has 1 aromatic rings. The standard InChI is InChI=1S/C12H17BrN2O4.ClH/c1-3-6(2)11(16)10(14)8-4-7(13)5-9(12(8)17)15(18)19;/h4-6,10-11,16-17H,3,14H2,1-2H3;1H/t6?,10-,11+;/m0./s1. The third kappa shape index (κ3) is 4.05. The lowest BCUT2D eigenvalue weighted by Crippen LogP contribution is -2.31. The van der Waals surface area contributed by atoms with Crippen molar-refractivity contribution in [1.29, 1.82) is 0 Å². The zero-order valence-electron chi connectivity index (χ0n) is 11.1. The molecule has 3 atom stereocenters. The Bertz CT molecular complexity index is 487. The number of hydrogen-bond acceptors (Lipinski definition) is 5. The highest BCUT2D eigenvalue weighted by molar-refractivity contribution is 9.10. The number of aromatic hydroxyl groups is 1. The summed E-state index contributed by atoms with van der Waals surface area (Å²) in [6.45, 7) is 3.73. The molecule has 8 heteroatoms. The van der Waals surface area contributed by atoms with E-state index < -0.39 is 28.5 Å². The first-order valence-corrected chi connectivity index (χ1v) is 6.69. The normalized spacial score (nSPS) is 15.1. The van der Waals surface area contributed by atoms with Crippen LogP contribution in [0.1, 0.15) is 31.9 Å². The summed E-state index contributed by atoms with van der Waals surface area (Å²) in [7, 11) is 0. The smallest absolute Gasteiger partial charge is 0.312 e. The molecule has 0 spiro atoms. The number of rotatable bonds is 5. The van der Waals surface area contributed by atoms with Crippen molar-refractivity contribution in [3.05, 3.63) is 32.3 Å². The fourth-order valence-electron chi connectivity index (χ4n) is 1.78. The minimum Gasteiger partial charge on any atom is -0.502 e. The van der Waals surface area contributed by atoms with Crippen molar-refractivity contribution in [2.75, 3.05) is 0 Å². The second kappa shape index (κ2) is 7.78. The Hall–Kier alpha value is -0.890. The highest BCUT2D eigenvalue weighted by Gasteiger charge is 2.28. The maximum absolute atomic E-state index is 10.8. The van der Waals surface area contributed by atoms with Gasteiger partial charge in [0.25, 0.3) is 0 Å². The molecule has 20 heavy (non-hydrogen) atoms. The van der Waals surface area contributed by atoms with Crippen LogP contribution in [0.25, 0.3) is 0 Å². The Morgan fingerprint density at radius 1 is 1.50 bits per heavy atom. The van der Waals surface area contributed by atoms with Gasteiger partial charge in [0.2, 0.25) is 0 Å². The first-order valence-electron chi connectivity index (χ1n) is 5.90. The number of aliphatic hydroxyl groups is 1. The van der Waals surface area contributed by atoms with Crippen LogP contribution in [0, 0.1) is 16.0 Å². The lowest BCUT2D eigenvalue weighted by Gasteiger charge is -2.24. The topological polar surface area (TPSA) is 110 Å². The van der Waals surface area contributed by atoms with E-state index >= 15 is 0 Å². The van der Waals surface area contributed by atoms with Crippen molar-refractivity contribution < 1.29 is 15.1 Å². The Balaban J connectivity index is 0.00000361. The number of benzene rings is 1. The summed E-state index contributed by atoms with van der Waals surface area (Å²) in [5.74, 6) is -0.574. The van der Waals surface area contributed by atoms with E-state index in [0.29, 0.717) is 10.9 Å². The van der Waals surface area contributed by atoms with Crippen LogP contribution in [0.3, 0.4) is 0 Å². The molecule has 0 saturated carbocycles. The second-order valence-electron chi connectivity index (χ2n) is 4.52. The van der Waals surface area contributed by atoms with Gasteiger partial charge in [-0.2, -0.15) is 0 Å². The zero-order valence-corrected chi connectivity index (χ0v) is 13.5. The van der Waals surface area contributed by atoms with Crippen LogP contribution in [-0.4, -0.2) is 21.2 Å². The lowest BCUT2D eigenvalue weighted by atomic mass is 9.91. The zero-order chi connectivity index (χ0) is 14.7. The summed E-state index contributed by atoms with van der Waals surface area (Å²) in [5, 5.41) is 30.8. The Kier molecular flexibility index (Phi) is 7.43. The molecular formula is C12H18BrClN2O4. The van der Waals surface area contributed by atoms with Crippen molar-refractivity contribution in [2.24, 2.45) is 11.7 Å². The van der Waals surface area contributed by atoms with Crippen molar-refractivity contribution >= 4 is 34.0 Å². The van der Waals surface area contributed by atoms with E-state index in [4.69, 9.17) is 5.73 Å². The molecule has 0 heterocycles. The largest absolute Gasteiger partial charge is 0.502 e. The molecule has 6 nitrogen and oxygen atoms in total. The quantitative estimate of drug-likeness (QED) is 0.546. The summed E-state index contributed by atoms with van der Waals surface area (Å²) in [6.07, 6.45) is -0.170. The van der Waals surface area contributed by atoms with E-state index in [0.717, 1.165) is 0 Å². The number of phenols is 1. The SMILES string of the molecule is CCC(C)[C@@H](O)[C@@H](N)c1cc(Br)cc([N+](=O)[O-])c1O.Cl. The molecule has 0 aliphatic rings. The molecule has 0 aliphatic heterocycles. The van der Waals surface area contributed by atoms with Crippen LogP contribution in [-0.2, 0) is 0 Å². The van der Waals surface area contributed by atoms with Crippen LogP contribution in [0.15, 0.2) is 16.6 Å². The maximum Gasteiger partial charge on any atom is 0.312 e. The molecule has 1 aromatic carbocycles. The van der Waals surface area contributed by atoms with E-state index in [1.165, 1.54) is 12.1 Å². The molecule has 0 radical (unpaired) electrons. The third-order valence-electron chi connectivity index (χ3n) is 3.23. The average Bonchev–Trinajstić information content (AvgIpc) is 2.37. The number of nitrogens with two attached hydrogens (primary N) is 1. The van der Waals surface area contributed by atoms with Gasteiger partial charge in [0.15, 0.2) is 5.75 Å². The number of phenolic OH excluding ortho intramolecular Hbond substituents is 1. The van der Waals surface area contributed by atoms with Gasteiger partial charge in [-0.3, -0.25) is 10.1 Å². The molecule has 0 amide bonds. The van der Waals surface area contributed by atoms with Crippen LogP contribution in [0.5, 0.6) is 5.75 Å². The first kappa shape index (κ1) is 19.1. The van der Waals surface area contributed by atoms with Gasteiger partial charge in [0, 0.05) is 16.1 Å². The number of aliphatic hydroxyl groups excluding tert-OH is 1. The minimum atomic E-state index is -0.884. The molecule has 1 unspecified atom stereocenters. The van der Waals surface area contributed by atoms with Crippen LogP contribution < -0.4 is 5.73 Å². The van der Waals surface area contributed by atoms with E-state index in [1.807, 2.05) is 13.8 Å². The van der Waals surface area contributed by atoms with Crippen molar-refractivity contribution in [2.45, 2.75) is 32.4 Å². The molecular weight excluding hydrogens is 351 g/mol. The van der Waals surface area contributed by atoms with Gasteiger partial charge in [0.1, 0.15) is 0 Å². The van der Waals surface area contributed by atoms with Gasteiger partial charge < -0.3 is 15.9 Å². The molecule has 0 bridgehead atoms. The van der Waals surface area contributed by atoms with Crippen molar-refractivity contribution in [3.63, 3.8) is 0 Å². The van der Waals surface area contributed by atoms with Gasteiger partial charge in [0.05, 0.1) is 17.1 Å². The van der Waals surface area contributed by atoms with E-state index in [1.54, 1.807) is 0 Å². The highest BCUT2D eigenvalue weighted by Crippen LogP contribution is 2.38. The van der Waals surface area contributed by atoms with Gasteiger partial charge in [-0.15, -0.1) is 12.4 Å². The molecule has 0 aromatic heterocycles. The maximum atomic E-state index is 10.8. The summed E-state index contributed by atoms with van der Waals surface area (Å²) in [4.78, 5) is 10.1. The Morgan fingerprint density at radius 2 is 2.05 bits per heavy atom. The van der Waals surface area contributed by atoms with Gasteiger partial charge in [-0.05, 0) is 12.0 Å². The van der Waals surface area contributed by atoms with E-state index in [2.05, 4.69) is 15.9 Å². The monoisotopic (exact) mass is 368 g/mol. The second-order valence-corrected chi connectivity index (χ2v) is 5.44. The molecule has 0 aliphatic carbocycles. The Labute approximate surface area is 131 Å². The predicted octanol–water partition coefficient (Wildman–Crippen LogP) is 2.89. The minimum absolute atomic E-state index is 0. The average molecular weight is 370 g/mol. The predicted molar refractivity (Wildman–Crippen MR) is 82.1 cm³/mol. The number of halogens is 2. The molecule has 1 rings (SSSR count). The number of nitro groups is 1. The van der Waals surface area contributed by atoms with Crippen molar-refractivity contribution in [3.8, 4) is 5.75 Å². The molecule has 0 fully saturated rings. The number of hydrogen-bond donors (Lipinski definition) is 3. The number of nitro benzene ring substituents is 1. The van der Waals surface area contributed by atoms with Gasteiger partial charge >= 0.3 is 5.69 Å². The lowest BCUT2D eigenvalue weighted by molar-refractivity contribution is -0.386. The fourth-order valence-corrected chi connectivity index (χ4v) is 2.24. The Morgan fingerprint density at radius 3 is 2.50 bits per heavy atom. The summed E-state index contributed by atoms with van der Waals surface area (Å²) >= 11 is 3.13. The summed E-state index contributed by atoms with van der Waals surface area (Å²) < 4.78 is 0.429. The summed E-state index contributed by atoms with van der Waals surface area (Å²) in [5.41, 5.74) is 5.63. The van der Waals surface area contributed by atoms with E-state index in [-0.39, 0.29) is 23.9 Å². The van der Waals surface area contributed by atoms with E-state index in [9.17, 15) is 20.3 Å². The first-order chi connectivity index (χ1) is 8.79. The van der Waals surface area contributed by atoms with Gasteiger partial charge in [-0.1, -0.05) is 36.2 Å². The third-order valence-corrected chi connectivity index (χ3v) is 3.69. The molecule has 4 N–H and O–H groups in total. The molecule has 0 saturated heterocycles. The van der Waals surface area contributed by atoms with Gasteiger partial charge in [-0.25, -0.2) is 0 Å². The van der Waals surface area contributed by atoms with Crippen molar-refractivity contribution in [1.82, 2.24) is 0 Å². The van der Waals surface area contributed by atoms with Crippen LogP contribution >= 0.6 is 28.3 Å². The van der Waals surface area contributed by atoms with Crippen LogP contribution in [0.2, 0.25) is 0 Å². The number of nitrogens with zero attached hydrogens (tertiary/aromatic N) is 1. The molecule has 114 valence electrons.